The van der Waals surface area contributed by atoms with Crippen molar-refractivity contribution in [3.8, 4) is 19.5 Å². The summed E-state index contributed by atoms with van der Waals surface area (Å²) in [5, 5.41) is 6.47. The van der Waals surface area contributed by atoms with Crippen LogP contribution in [0.5, 0.6) is 0 Å². The van der Waals surface area contributed by atoms with Gasteiger partial charge < -0.3 is 0 Å². The molecule has 0 spiro atoms. The zero-order valence-corrected chi connectivity index (χ0v) is 34.5. The maximum atomic E-state index is 12.7. The van der Waals surface area contributed by atoms with E-state index in [2.05, 4.69) is 70.3 Å². The maximum Gasteiger partial charge on any atom is 0.169 e. The molecular weight excluding hydrogens is 713 g/mol. The van der Waals surface area contributed by atoms with E-state index in [1.54, 1.807) is 18.3 Å². The highest BCUT2D eigenvalue weighted by atomic mass is 32.1. The monoisotopic (exact) mass is 758 g/mol. The first-order valence-electron chi connectivity index (χ1n) is 17.9. The van der Waals surface area contributed by atoms with Crippen molar-refractivity contribution in [1.29, 1.82) is 0 Å². The van der Waals surface area contributed by atoms with E-state index >= 15 is 0 Å². The van der Waals surface area contributed by atoms with Crippen LogP contribution in [-0.2, 0) is 19.3 Å². The van der Waals surface area contributed by atoms with E-state index in [0.717, 1.165) is 17.7 Å². The number of rotatable bonds is 15. The van der Waals surface area contributed by atoms with Crippen LogP contribution in [0.2, 0.25) is 0 Å². The Morgan fingerprint density at radius 3 is 2.06 bits per heavy atom. The third-order valence-electron chi connectivity index (χ3n) is 9.84. The molecule has 0 aliphatic rings. The fourth-order valence-electron chi connectivity index (χ4n) is 7.06. The molecule has 7 rings (SSSR count). The van der Waals surface area contributed by atoms with Gasteiger partial charge in [-0.25, -0.2) is 0 Å². The molecule has 0 unspecified atom stereocenters. The number of hydrogen-bond acceptors (Lipinski definition) is 7. The van der Waals surface area contributed by atoms with Crippen LogP contribution in [0.15, 0.2) is 35.7 Å². The van der Waals surface area contributed by atoms with Crippen molar-refractivity contribution in [3.63, 3.8) is 0 Å². The first kappa shape index (κ1) is 35.3. The highest BCUT2D eigenvalue weighted by Crippen LogP contribution is 2.50. The Kier molecular flexibility index (Phi) is 11.0. The number of hydrogen-bond donors (Lipinski definition) is 0. The van der Waals surface area contributed by atoms with E-state index < -0.39 is 0 Å². The Labute approximate surface area is 315 Å². The zero-order valence-electron chi connectivity index (χ0n) is 29.6. The summed E-state index contributed by atoms with van der Waals surface area (Å²) < 4.78 is 4.12. The Balaban J connectivity index is 1.27. The zero-order chi connectivity index (χ0) is 34.2. The molecule has 49 heavy (non-hydrogen) atoms. The van der Waals surface area contributed by atoms with Crippen LogP contribution in [0, 0.1) is 20.8 Å². The second-order valence-electron chi connectivity index (χ2n) is 13.6. The maximum absolute atomic E-state index is 12.7. The third-order valence-corrected chi connectivity index (χ3v) is 17.4. The Morgan fingerprint density at radius 1 is 0.612 bits per heavy atom. The average molecular weight is 759 g/mol. The van der Waals surface area contributed by atoms with Crippen molar-refractivity contribution >= 4 is 104 Å². The van der Waals surface area contributed by atoms with Gasteiger partial charge in [-0.3, -0.25) is 4.79 Å². The lowest BCUT2D eigenvalue weighted by atomic mass is 10.0. The van der Waals surface area contributed by atoms with E-state index in [1.807, 2.05) is 56.7 Å². The molecule has 0 saturated heterocycles. The number of fused-ring (bicyclic) bond motifs is 3. The molecule has 0 saturated carbocycles. The summed E-state index contributed by atoms with van der Waals surface area (Å²) in [5.41, 5.74) is 5.83. The summed E-state index contributed by atoms with van der Waals surface area (Å²) in [4.78, 5) is 23.4. The smallest absolute Gasteiger partial charge is 0.169 e. The lowest BCUT2D eigenvalue weighted by Crippen LogP contribution is -1.90. The molecule has 6 aromatic heterocycles. The van der Waals surface area contributed by atoms with E-state index in [4.69, 9.17) is 0 Å². The van der Waals surface area contributed by atoms with E-state index in [0.29, 0.717) is 0 Å². The Morgan fingerprint density at radius 2 is 1.33 bits per heavy atom. The molecule has 0 fully saturated rings. The molecule has 7 aromatic rings. The fraction of sp³-hybridized carbons (Fsp3) is 0.405. The predicted molar refractivity (Wildman–Crippen MR) is 226 cm³/mol. The number of benzene rings is 1. The van der Waals surface area contributed by atoms with E-state index in [9.17, 15) is 4.79 Å². The molecule has 0 bridgehead atoms. The minimum absolute atomic E-state index is 0.167. The highest BCUT2D eigenvalue weighted by molar-refractivity contribution is 7.31. The van der Waals surface area contributed by atoms with Crippen molar-refractivity contribution in [1.82, 2.24) is 0 Å². The van der Waals surface area contributed by atoms with E-state index in [1.165, 1.54) is 144 Å². The molecule has 1 nitrogen and oxygen atoms in total. The lowest BCUT2D eigenvalue weighted by molar-refractivity contribution is 0.102. The molecule has 0 N–H and O–H groups in total. The Bertz CT molecular complexity index is 2200. The van der Waals surface area contributed by atoms with Gasteiger partial charge in [-0.15, -0.1) is 68.0 Å². The van der Waals surface area contributed by atoms with Crippen molar-refractivity contribution in [2.45, 2.75) is 112 Å². The first-order valence-corrected chi connectivity index (χ1v) is 22.9. The van der Waals surface area contributed by atoms with Gasteiger partial charge in [0.15, 0.2) is 5.78 Å². The van der Waals surface area contributed by atoms with Crippen molar-refractivity contribution in [3.05, 3.63) is 77.5 Å². The van der Waals surface area contributed by atoms with Gasteiger partial charge in [-0.1, -0.05) is 52.4 Å². The second kappa shape index (κ2) is 15.2. The number of Topliss-reactive ketones (excluding diaryl/α,β-unsaturated/α-hetero) is 1. The lowest BCUT2D eigenvalue weighted by Gasteiger charge is -2.03. The molecule has 0 aliphatic carbocycles. The topological polar surface area (TPSA) is 17.1 Å². The standard InChI is InChI=1S/C42H46OS6/c1-7-9-11-13-15-28-18-36(44-23-28)37-19-29(16-14-12-10-8-2)34(46-37)22-35-32-21-33(27(6)43)47-41(32)42(48-35)38-20-31-26(5)39-30(17-24(3)45-39)25(4)40(31)49-38/h17-21,23H,7-16,22H2,1-6H3. The van der Waals surface area contributed by atoms with Crippen LogP contribution in [0.1, 0.15) is 119 Å². The molecule has 0 aliphatic heterocycles. The Hall–Kier alpha value is -2.13. The summed E-state index contributed by atoms with van der Waals surface area (Å²) in [6.45, 7) is 13.1. The van der Waals surface area contributed by atoms with Gasteiger partial charge in [-0.2, -0.15) is 0 Å². The van der Waals surface area contributed by atoms with Crippen LogP contribution < -0.4 is 0 Å². The minimum atomic E-state index is 0.167. The number of carbonyl (C=O) groups excluding carboxylic acids is 1. The number of ketones is 1. The number of thiophene rings is 6. The average Bonchev–Trinajstić information content (AvgIpc) is 3.92. The summed E-state index contributed by atoms with van der Waals surface area (Å²) in [5.74, 6) is 0.167. The molecule has 256 valence electrons. The van der Waals surface area contributed by atoms with Gasteiger partial charge in [0, 0.05) is 50.5 Å². The molecule has 1 aromatic carbocycles. The molecule has 0 atom stereocenters. The number of carbonyl (C=O) groups is 1. The summed E-state index contributed by atoms with van der Waals surface area (Å²) in [6, 6.07) is 12.0. The molecule has 0 radical (unpaired) electrons. The quantitative estimate of drug-likeness (QED) is 0.0752. The normalized spacial score (nSPS) is 12.0. The molecule has 7 heteroatoms. The number of aryl methyl sites for hydroxylation is 5. The number of unbranched alkanes of at least 4 members (excludes halogenated alkanes) is 6. The summed E-state index contributed by atoms with van der Waals surface area (Å²) in [6.07, 6.45) is 13.6. The SMILES string of the molecule is CCCCCCc1csc(-c2cc(CCCCCC)c(Cc3sc(-c4cc5c(C)c6sc(C)cc6c(C)c5s4)c4sc(C(C)=O)cc34)s2)c1. The van der Waals surface area contributed by atoms with Gasteiger partial charge in [-0.05, 0) is 122 Å². The van der Waals surface area contributed by atoms with Crippen LogP contribution in [0.4, 0.5) is 0 Å². The molecule has 0 amide bonds. The van der Waals surface area contributed by atoms with Crippen LogP contribution in [0.3, 0.4) is 0 Å². The molecular formula is C42H46OS6. The first-order chi connectivity index (χ1) is 23.7. The van der Waals surface area contributed by atoms with E-state index in [-0.39, 0.29) is 5.78 Å². The van der Waals surface area contributed by atoms with Crippen molar-refractivity contribution < 1.29 is 4.79 Å². The van der Waals surface area contributed by atoms with Gasteiger partial charge >= 0.3 is 0 Å². The van der Waals surface area contributed by atoms with Crippen LogP contribution in [0.25, 0.3) is 49.8 Å². The molecule has 6 heterocycles. The minimum Gasteiger partial charge on any atom is -0.294 e. The second-order valence-corrected chi connectivity index (χ2v) is 20.2. The third kappa shape index (κ3) is 7.18. The van der Waals surface area contributed by atoms with Gasteiger partial charge in [0.25, 0.3) is 0 Å². The highest BCUT2D eigenvalue weighted by Gasteiger charge is 2.23. The van der Waals surface area contributed by atoms with Crippen molar-refractivity contribution in [2.75, 3.05) is 0 Å². The fourth-order valence-corrected chi connectivity index (χ4v) is 14.4. The van der Waals surface area contributed by atoms with Crippen LogP contribution >= 0.6 is 68.0 Å². The predicted octanol–water partition coefficient (Wildman–Crippen LogP) is 15.8. The largest absolute Gasteiger partial charge is 0.294 e. The van der Waals surface area contributed by atoms with Gasteiger partial charge in [0.2, 0.25) is 0 Å². The van der Waals surface area contributed by atoms with Gasteiger partial charge in [0.1, 0.15) is 0 Å². The van der Waals surface area contributed by atoms with Crippen LogP contribution in [-0.4, -0.2) is 5.78 Å². The van der Waals surface area contributed by atoms with Gasteiger partial charge in [0.05, 0.1) is 14.5 Å². The summed E-state index contributed by atoms with van der Waals surface area (Å²) >= 11 is 11.5. The van der Waals surface area contributed by atoms with Crippen molar-refractivity contribution in [2.24, 2.45) is 0 Å². The summed E-state index contributed by atoms with van der Waals surface area (Å²) in [7, 11) is 0.